The summed E-state index contributed by atoms with van der Waals surface area (Å²) in [6, 6.07) is 7.40. The summed E-state index contributed by atoms with van der Waals surface area (Å²) in [5.74, 6) is 1.20. The van der Waals surface area contributed by atoms with Crippen molar-refractivity contribution in [2.24, 2.45) is 11.3 Å². The standard InChI is InChI=1S/C18H27NO2/c1-14(2)18(11-7-4-8-12-18)13-19-17(20)15-9-5-6-10-16(15)21-3/h5-6,9-10,14H,4,7-8,11-13H2,1-3H3,(H,19,20). The van der Waals surface area contributed by atoms with E-state index in [0.717, 1.165) is 6.54 Å². The van der Waals surface area contributed by atoms with Crippen LogP contribution in [0.2, 0.25) is 0 Å². The van der Waals surface area contributed by atoms with Crippen molar-refractivity contribution in [3.63, 3.8) is 0 Å². The number of carbonyl (C=O) groups is 1. The van der Waals surface area contributed by atoms with E-state index in [0.29, 0.717) is 17.2 Å². The molecule has 1 saturated carbocycles. The average molecular weight is 289 g/mol. The second-order valence-electron chi connectivity index (χ2n) is 6.46. The number of carbonyl (C=O) groups excluding carboxylic acids is 1. The normalized spacial score (nSPS) is 17.5. The fourth-order valence-corrected chi connectivity index (χ4v) is 3.40. The zero-order chi connectivity index (χ0) is 15.3. The number of hydrogen-bond acceptors (Lipinski definition) is 2. The highest BCUT2D eigenvalue weighted by Gasteiger charge is 2.35. The molecular weight excluding hydrogens is 262 g/mol. The molecule has 0 aromatic heterocycles. The van der Waals surface area contributed by atoms with Crippen molar-refractivity contribution in [2.75, 3.05) is 13.7 Å². The van der Waals surface area contributed by atoms with Crippen molar-refractivity contribution >= 4 is 5.91 Å². The summed E-state index contributed by atoms with van der Waals surface area (Å²) in [6.07, 6.45) is 6.33. The van der Waals surface area contributed by atoms with Crippen LogP contribution in [0.5, 0.6) is 5.75 Å². The van der Waals surface area contributed by atoms with Crippen LogP contribution in [0.4, 0.5) is 0 Å². The quantitative estimate of drug-likeness (QED) is 0.888. The Morgan fingerprint density at radius 2 is 1.90 bits per heavy atom. The lowest BCUT2D eigenvalue weighted by atomic mass is 9.67. The molecule has 116 valence electrons. The molecule has 2 rings (SSSR count). The Morgan fingerprint density at radius 3 is 2.52 bits per heavy atom. The van der Waals surface area contributed by atoms with Crippen molar-refractivity contribution in [1.82, 2.24) is 5.32 Å². The number of hydrogen-bond donors (Lipinski definition) is 1. The van der Waals surface area contributed by atoms with E-state index in [4.69, 9.17) is 4.74 Å². The molecule has 0 aliphatic heterocycles. The number of methoxy groups -OCH3 is 1. The van der Waals surface area contributed by atoms with Gasteiger partial charge in [0.1, 0.15) is 5.75 Å². The number of ether oxygens (including phenoxy) is 1. The number of benzene rings is 1. The smallest absolute Gasteiger partial charge is 0.255 e. The first-order valence-electron chi connectivity index (χ1n) is 8.00. The van der Waals surface area contributed by atoms with Gasteiger partial charge in [0.15, 0.2) is 0 Å². The molecule has 3 nitrogen and oxygen atoms in total. The van der Waals surface area contributed by atoms with Gasteiger partial charge in [0.2, 0.25) is 0 Å². The van der Waals surface area contributed by atoms with Crippen LogP contribution in [0.25, 0.3) is 0 Å². The van der Waals surface area contributed by atoms with E-state index in [1.54, 1.807) is 7.11 Å². The second-order valence-corrected chi connectivity index (χ2v) is 6.46. The van der Waals surface area contributed by atoms with Crippen LogP contribution >= 0.6 is 0 Å². The van der Waals surface area contributed by atoms with Gasteiger partial charge in [0.05, 0.1) is 12.7 Å². The number of para-hydroxylation sites is 1. The fraction of sp³-hybridized carbons (Fsp3) is 0.611. The number of amides is 1. The Balaban J connectivity index is 2.05. The molecule has 1 fully saturated rings. The summed E-state index contributed by atoms with van der Waals surface area (Å²) in [7, 11) is 1.60. The monoisotopic (exact) mass is 289 g/mol. The van der Waals surface area contributed by atoms with Crippen molar-refractivity contribution in [3.05, 3.63) is 29.8 Å². The molecule has 1 aliphatic carbocycles. The molecule has 0 unspecified atom stereocenters. The lowest BCUT2D eigenvalue weighted by Crippen LogP contribution is -2.42. The minimum Gasteiger partial charge on any atom is -0.496 e. The number of rotatable bonds is 5. The topological polar surface area (TPSA) is 38.3 Å². The molecule has 0 saturated heterocycles. The van der Waals surface area contributed by atoms with Crippen LogP contribution in [0.3, 0.4) is 0 Å². The summed E-state index contributed by atoms with van der Waals surface area (Å²) in [6.45, 7) is 5.32. The van der Waals surface area contributed by atoms with Crippen LogP contribution < -0.4 is 10.1 Å². The van der Waals surface area contributed by atoms with Crippen LogP contribution in [0.1, 0.15) is 56.3 Å². The summed E-state index contributed by atoms with van der Waals surface area (Å²) < 4.78 is 5.27. The molecule has 0 atom stereocenters. The Hall–Kier alpha value is -1.51. The van der Waals surface area contributed by atoms with Crippen LogP contribution in [-0.2, 0) is 0 Å². The van der Waals surface area contributed by atoms with Gasteiger partial charge >= 0.3 is 0 Å². The molecule has 0 bridgehead atoms. The number of nitrogens with one attached hydrogen (secondary N) is 1. The molecule has 1 N–H and O–H groups in total. The highest BCUT2D eigenvalue weighted by molar-refractivity contribution is 5.96. The van der Waals surface area contributed by atoms with Crippen LogP contribution in [-0.4, -0.2) is 19.6 Å². The van der Waals surface area contributed by atoms with Gasteiger partial charge in [0, 0.05) is 6.54 Å². The predicted octanol–water partition coefficient (Wildman–Crippen LogP) is 4.03. The fourth-order valence-electron chi connectivity index (χ4n) is 3.40. The SMILES string of the molecule is COc1ccccc1C(=O)NCC1(C(C)C)CCCCC1. The van der Waals surface area contributed by atoms with Gasteiger partial charge in [-0.1, -0.05) is 45.2 Å². The molecule has 1 aliphatic rings. The summed E-state index contributed by atoms with van der Waals surface area (Å²) in [4.78, 5) is 12.4. The van der Waals surface area contributed by atoms with E-state index in [1.165, 1.54) is 32.1 Å². The maximum absolute atomic E-state index is 12.4. The predicted molar refractivity (Wildman–Crippen MR) is 85.7 cm³/mol. The van der Waals surface area contributed by atoms with E-state index in [9.17, 15) is 4.79 Å². The molecule has 21 heavy (non-hydrogen) atoms. The van der Waals surface area contributed by atoms with Gasteiger partial charge in [-0.3, -0.25) is 4.79 Å². The van der Waals surface area contributed by atoms with Crippen molar-refractivity contribution in [1.29, 1.82) is 0 Å². The summed E-state index contributed by atoms with van der Waals surface area (Å²) in [5.41, 5.74) is 0.880. The highest BCUT2D eigenvalue weighted by atomic mass is 16.5. The van der Waals surface area contributed by atoms with E-state index >= 15 is 0 Å². The third-order valence-electron chi connectivity index (χ3n) is 5.03. The zero-order valence-electron chi connectivity index (χ0n) is 13.4. The van der Waals surface area contributed by atoms with E-state index < -0.39 is 0 Å². The van der Waals surface area contributed by atoms with Crippen LogP contribution in [0.15, 0.2) is 24.3 Å². The Labute approximate surface area is 128 Å². The van der Waals surface area contributed by atoms with Gasteiger partial charge < -0.3 is 10.1 Å². The second kappa shape index (κ2) is 6.97. The zero-order valence-corrected chi connectivity index (χ0v) is 13.4. The summed E-state index contributed by atoms with van der Waals surface area (Å²) >= 11 is 0. The van der Waals surface area contributed by atoms with Gasteiger partial charge in [-0.15, -0.1) is 0 Å². The average Bonchev–Trinajstić information content (AvgIpc) is 2.53. The van der Waals surface area contributed by atoms with Gasteiger partial charge in [-0.25, -0.2) is 0 Å². The third-order valence-corrected chi connectivity index (χ3v) is 5.03. The van der Waals surface area contributed by atoms with Crippen LogP contribution in [0, 0.1) is 11.3 Å². The molecule has 1 amide bonds. The lowest BCUT2D eigenvalue weighted by molar-refractivity contribution is 0.0834. The molecule has 1 aromatic carbocycles. The molecule has 1 aromatic rings. The molecule has 3 heteroatoms. The maximum atomic E-state index is 12.4. The Morgan fingerprint density at radius 1 is 1.24 bits per heavy atom. The summed E-state index contributed by atoms with van der Waals surface area (Å²) in [5, 5.41) is 3.15. The van der Waals surface area contributed by atoms with Crippen molar-refractivity contribution < 1.29 is 9.53 Å². The van der Waals surface area contributed by atoms with Crippen molar-refractivity contribution in [3.8, 4) is 5.75 Å². The van der Waals surface area contributed by atoms with Gasteiger partial charge in [-0.05, 0) is 36.3 Å². The van der Waals surface area contributed by atoms with Crippen molar-refractivity contribution in [2.45, 2.75) is 46.0 Å². The minimum absolute atomic E-state index is 0.0296. The van der Waals surface area contributed by atoms with E-state index in [2.05, 4.69) is 19.2 Å². The first-order chi connectivity index (χ1) is 10.1. The maximum Gasteiger partial charge on any atom is 0.255 e. The largest absolute Gasteiger partial charge is 0.496 e. The minimum atomic E-state index is -0.0296. The molecule has 0 radical (unpaired) electrons. The van der Waals surface area contributed by atoms with E-state index in [1.807, 2.05) is 24.3 Å². The highest BCUT2D eigenvalue weighted by Crippen LogP contribution is 2.42. The Bertz CT molecular complexity index is 476. The van der Waals surface area contributed by atoms with Gasteiger partial charge in [0.25, 0.3) is 5.91 Å². The van der Waals surface area contributed by atoms with Gasteiger partial charge in [-0.2, -0.15) is 0 Å². The molecule has 0 heterocycles. The lowest BCUT2D eigenvalue weighted by Gasteiger charge is -2.41. The molecular formula is C18H27NO2. The first-order valence-corrected chi connectivity index (χ1v) is 8.00. The Kier molecular flexibility index (Phi) is 5.27. The molecule has 0 spiro atoms. The van der Waals surface area contributed by atoms with E-state index in [-0.39, 0.29) is 11.3 Å². The third kappa shape index (κ3) is 3.58. The first kappa shape index (κ1) is 15.9.